The van der Waals surface area contributed by atoms with Crippen LogP contribution in [-0.4, -0.2) is 26.8 Å². The highest BCUT2D eigenvalue weighted by atomic mass is 35.5. The van der Waals surface area contributed by atoms with Gasteiger partial charge in [0.1, 0.15) is 5.82 Å². The third-order valence-corrected chi connectivity index (χ3v) is 3.71. The molecule has 2 rings (SSSR count). The van der Waals surface area contributed by atoms with Gasteiger partial charge in [-0.15, -0.1) is 10.2 Å². The summed E-state index contributed by atoms with van der Waals surface area (Å²) >= 11 is 7.94. The summed E-state index contributed by atoms with van der Waals surface area (Å²) in [6.07, 6.45) is 5.73. The Morgan fingerprint density at radius 2 is 2.27 bits per heavy atom. The minimum absolute atomic E-state index is 0.413. The molecule has 1 fully saturated rings. The maximum absolute atomic E-state index is 6.07. The molecule has 0 aromatic carbocycles. The topological polar surface area (TPSA) is 30.7 Å². The van der Waals surface area contributed by atoms with Crippen molar-refractivity contribution in [2.24, 2.45) is 0 Å². The van der Waals surface area contributed by atoms with E-state index >= 15 is 0 Å². The molecule has 15 heavy (non-hydrogen) atoms. The van der Waals surface area contributed by atoms with E-state index in [-0.39, 0.29) is 0 Å². The van der Waals surface area contributed by atoms with E-state index in [4.69, 9.17) is 11.6 Å². The van der Waals surface area contributed by atoms with Crippen molar-refractivity contribution in [3.05, 3.63) is 11.1 Å². The second-order valence-electron chi connectivity index (χ2n) is 4.10. The zero-order valence-electron chi connectivity index (χ0n) is 9.11. The van der Waals surface area contributed by atoms with Gasteiger partial charge in [0.25, 0.3) is 0 Å². The molecule has 1 unspecified atom stereocenters. The van der Waals surface area contributed by atoms with Crippen molar-refractivity contribution >= 4 is 23.4 Å². The molecule has 0 aliphatic heterocycles. The molecule has 1 aliphatic rings. The lowest BCUT2D eigenvalue weighted by Crippen LogP contribution is -2.10. The average molecular weight is 246 g/mol. The smallest absolute Gasteiger partial charge is 0.225 e. The van der Waals surface area contributed by atoms with Gasteiger partial charge in [-0.2, -0.15) is 11.8 Å². The Kier molecular flexibility index (Phi) is 3.57. The lowest BCUT2D eigenvalue weighted by atomic mass is 10.2. The molecule has 1 aromatic heterocycles. The normalized spacial score (nSPS) is 18.1. The van der Waals surface area contributed by atoms with E-state index in [0.29, 0.717) is 17.2 Å². The lowest BCUT2D eigenvalue weighted by Gasteiger charge is -2.15. The van der Waals surface area contributed by atoms with E-state index in [1.165, 1.54) is 12.8 Å². The second-order valence-corrected chi connectivity index (χ2v) is 5.43. The predicted octanol–water partition coefficient (Wildman–Crippen LogP) is 3.12. The maximum atomic E-state index is 6.07. The number of nitrogens with zero attached hydrogens (tertiary/aromatic N) is 3. The van der Waals surface area contributed by atoms with Gasteiger partial charge in [0.05, 0.1) is 0 Å². The van der Waals surface area contributed by atoms with Crippen LogP contribution in [0.4, 0.5) is 0 Å². The summed E-state index contributed by atoms with van der Waals surface area (Å²) in [5, 5.41) is 8.71. The fourth-order valence-corrected chi connectivity index (χ4v) is 2.60. The third-order valence-electron chi connectivity index (χ3n) is 2.80. The van der Waals surface area contributed by atoms with Crippen LogP contribution in [0.5, 0.6) is 0 Å². The van der Waals surface area contributed by atoms with Crippen LogP contribution >= 0.6 is 23.4 Å². The number of hydrogen-bond donors (Lipinski definition) is 0. The molecular formula is C10H16ClN3S. The minimum Gasteiger partial charge on any atom is -0.299 e. The van der Waals surface area contributed by atoms with Crippen LogP contribution in [0, 0.1) is 0 Å². The molecule has 1 atom stereocenters. The first kappa shape index (κ1) is 11.3. The molecule has 1 aliphatic carbocycles. The van der Waals surface area contributed by atoms with E-state index in [9.17, 15) is 0 Å². The standard InChI is InChI=1S/C10H16ClN3S/c1-7(5-6-15-2)14-9(8-3-4-8)12-13-10(14)11/h7-8H,3-6H2,1-2H3. The van der Waals surface area contributed by atoms with Crippen molar-refractivity contribution in [1.82, 2.24) is 14.8 Å². The highest BCUT2D eigenvalue weighted by Gasteiger charge is 2.31. The Morgan fingerprint density at radius 1 is 1.53 bits per heavy atom. The van der Waals surface area contributed by atoms with Gasteiger partial charge in [-0.25, -0.2) is 0 Å². The first-order chi connectivity index (χ1) is 7.24. The van der Waals surface area contributed by atoms with Crippen molar-refractivity contribution in [3.8, 4) is 0 Å². The van der Waals surface area contributed by atoms with Crippen LogP contribution in [0.15, 0.2) is 0 Å². The van der Waals surface area contributed by atoms with Crippen LogP contribution in [0.3, 0.4) is 0 Å². The molecular weight excluding hydrogens is 230 g/mol. The lowest BCUT2D eigenvalue weighted by molar-refractivity contribution is 0.512. The van der Waals surface area contributed by atoms with Crippen LogP contribution in [0.25, 0.3) is 0 Å². The maximum Gasteiger partial charge on any atom is 0.225 e. The highest BCUT2D eigenvalue weighted by molar-refractivity contribution is 7.98. The number of hydrogen-bond acceptors (Lipinski definition) is 3. The highest BCUT2D eigenvalue weighted by Crippen LogP contribution is 2.40. The monoisotopic (exact) mass is 245 g/mol. The summed E-state index contributed by atoms with van der Waals surface area (Å²) in [5.41, 5.74) is 0. The van der Waals surface area contributed by atoms with E-state index in [1.807, 2.05) is 11.8 Å². The van der Waals surface area contributed by atoms with E-state index in [2.05, 4.69) is 27.9 Å². The minimum atomic E-state index is 0.413. The summed E-state index contributed by atoms with van der Waals surface area (Å²) in [7, 11) is 0. The van der Waals surface area contributed by atoms with Crippen molar-refractivity contribution in [1.29, 1.82) is 0 Å². The van der Waals surface area contributed by atoms with Gasteiger partial charge in [0.15, 0.2) is 0 Å². The SMILES string of the molecule is CSCCC(C)n1c(Cl)nnc1C1CC1. The fraction of sp³-hybridized carbons (Fsp3) is 0.800. The van der Waals surface area contributed by atoms with Crippen molar-refractivity contribution in [2.45, 2.75) is 38.1 Å². The predicted molar refractivity (Wildman–Crippen MR) is 64.7 cm³/mol. The molecule has 0 spiro atoms. The molecule has 84 valence electrons. The summed E-state index contributed by atoms with van der Waals surface area (Å²) < 4.78 is 2.11. The largest absolute Gasteiger partial charge is 0.299 e. The van der Waals surface area contributed by atoms with Gasteiger partial charge in [0.2, 0.25) is 5.28 Å². The van der Waals surface area contributed by atoms with Gasteiger partial charge in [-0.05, 0) is 49.8 Å². The molecule has 1 aromatic rings. The van der Waals surface area contributed by atoms with E-state index < -0.39 is 0 Å². The van der Waals surface area contributed by atoms with Gasteiger partial charge in [-0.3, -0.25) is 4.57 Å². The molecule has 3 nitrogen and oxygen atoms in total. The third kappa shape index (κ3) is 2.48. The van der Waals surface area contributed by atoms with Gasteiger partial charge in [-0.1, -0.05) is 0 Å². The first-order valence-electron chi connectivity index (χ1n) is 5.33. The molecule has 0 saturated heterocycles. The average Bonchev–Trinajstić information content (AvgIpc) is 2.99. The van der Waals surface area contributed by atoms with E-state index in [1.54, 1.807) is 0 Å². The van der Waals surface area contributed by atoms with Crippen LogP contribution in [-0.2, 0) is 0 Å². The fourth-order valence-electron chi connectivity index (χ4n) is 1.73. The van der Waals surface area contributed by atoms with Crippen LogP contribution in [0.2, 0.25) is 5.28 Å². The molecule has 1 saturated carbocycles. The zero-order valence-corrected chi connectivity index (χ0v) is 10.7. The van der Waals surface area contributed by atoms with Crippen molar-refractivity contribution in [2.75, 3.05) is 12.0 Å². The van der Waals surface area contributed by atoms with Gasteiger partial charge >= 0.3 is 0 Å². The van der Waals surface area contributed by atoms with Crippen LogP contribution in [0.1, 0.15) is 44.0 Å². The first-order valence-corrected chi connectivity index (χ1v) is 7.10. The van der Waals surface area contributed by atoms with Crippen molar-refractivity contribution < 1.29 is 0 Å². The van der Waals surface area contributed by atoms with E-state index in [0.717, 1.165) is 18.0 Å². The Labute approximate surface area is 99.6 Å². The number of thioether (sulfide) groups is 1. The Balaban J connectivity index is 2.13. The summed E-state index contributed by atoms with van der Waals surface area (Å²) in [4.78, 5) is 0. The quantitative estimate of drug-likeness (QED) is 0.799. The Morgan fingerprint density at radius 3 is 2.87 bits per heavy atom. The summed E-state index contributed by atoms with van der Waals surface area (Å²) in [5.74, 6) is 2.86. The molecule has 0 N–H and O–H groups in total. The zero-order chi connectivity index (χ0) is 10.8. The molecule has 0 amide bonds. The second kappa shape index (κ2) is 4.74. The molecule has 5 heteroatoms. The van der Waals surface area contributed by atoms with Gasteiger partial charge in [0, 0.05) is 12.0 Å². The Bertz CT molecular complexity index is 335. The number of rotatable bonds is 5. The molecule has 1 heterocycles. The van der Waals surface area contributed by atoms with Crippen LogP contribution < -0.4 is 0 Å². The number of aromatic nitrogens is 3. The Hall–Kier alpha value is -0.220. The molecule has 0 radical (unpaired) electrons. The van der Waals surface area contributed by atoms with Gasteiger partial charge < -0.3 is 0 Å². The summed E-state index contributed by atoms with van der Waals surface area (Å²) in [6, 6.07) is 0.413. The number of halogens is 1. The molecule has 0 bridgehead atoms. The van der Waals surface area contributed by atoms with Crippen molar-refractivity contribution in [3.63, 3.8) is 0 Å². The summed E-state index contributed by atoms with van der Waals surface area (Å²) in [6.45, 7) is 2.19.